The first-order valence-electron chi connectivity index (χ1n) is 9.44. The number of amides is 1. The molecule has 3 rings (SSSR count). The lowest BCUT2D eigenvalue weighted by Gasteiger charge is -2.31. The van der Waals surface area contributed by atoms with Gasteiger partial charge in [0.1, 0.15) is 5.82 Å². The van der Waals surface area contributed by atoms with Crippen molar-refractivity contribution in [1.82, 2.24) is 4.31 Å². The first-order valence-corrected chi connectivity index (χ1v) is 10.9. The van der Waals surface area contributed by atoms with Gasteiger partial charge in [-0.3, -0.25) is 4.79 Å². The van der Waals surface area contributed by atoms with Crippen LogP contribution >= 0.6 is 0 Å². The van der Waals surface area contributed by atoms with Crippen LogP contribution in [0.25, 0.3) is 0 Å². The third-order valence-electron chi connectivity index (χ3n) is 5.05. The van der Waals surface area contributed by atoms with E-state index in [9.17, 15) is 17.6 Å². The van der Waals surface area contributed by atoms with Crippen molar-refractivity contribution in [2.24, 2.45) is 5.92 Å². The zero-order valence-corrected chi connectivity index (χ0v) is 16.9. The van der Waals surface area contributed by atoms with Gasteiger partial charge >= 0.3 is 0 Å². The molecule has 1 unspecified atom stereocenters. The second-order valence-electron chi connectivity index (χ2n) is 7.42. The fourth-order valence-electron chi connectivity index (χ4n) is 3.33. The van der Waals surface area contributed by atoms with Gasteiger partial charge in [0.05, 0.1) is 10.8 Å². The summed E-state index contributed by atoms with van der Waals surface area (Å²) in [6, 6.07) is 12.4. The fraction of sp³-hybridized carbons (Fsp3) is 0.381. The molecule has 0 radical (unpaired) electrons. The number of carbonyl (C=O) groups is 1. The summed E-state index contributed by atoms with van der Waals surface area (Å²) < 4.78 is 40.0. The lowest BCUT2D eigenvalue weighted by atomic mass is 9.98. The Balaban J connectivity index is 1.68. The number of rotatable bonds is 5. The molecule has 1 saturated heterocycles. The molecule has 0 aliphatic carbocycles. The number of sulfonamides is 1. The molecule has 0 spiro atoms. The molecule has 0 saturated carbocycles. The van der Waals surface area contributed by atoms with E-state index in [2.05, 4.69) is 19.2 Å². The van der Waals surface area contributed by atoms with E-state index in [0.717, 1.165) is 12.1 Å². The Hall–Kier alpha value is -2.25. The summed E-state index contributed by atoms with van der Waals surface area (Å²) in [5, 5.41) is 2.89. The van der Waals surface area contributed by atoms with Crippen LogP contribution in [-0.2, 0) is 14.8 Å². The maximum Gasteiger partial charge on any atom is 0.243 e. The standard InChI is InChI=1S/C21H25FN2O3S/c1-15(2)16-5-9-19(10-6-16)23-21(25)17-4-3-13-24(14-17)28(26,27)20-11-7-18(22)8-12-20/h5-12,15,17H,3-4,13-14H2,1-2H3,(H,23,25). The van der Waals surface area contributed by atoms with Crippen LogP contribution in [0.4, 0.5) is 10.1 Å². The van der Waals surface area contributed by atoms with Gasteiger partial charge in [0.2, 0.25) is 15.9 Å². The van der Waals surface area contributed by atoms with E-state index in [0.29, 0.717) is 31.0 Å². The largest absolute Gasteiger partial charge is 0.326 e. The Kier molecular flexibility index (Phi) is 6.15. The molecule has 1 amide bonds. The normalized spacial score (nSPS) is 18.2. The van der Waals surface area contributed by atoms with Gasteiger partial charge in [0, 0.05) is 18.8 Å². The highest BCUT2D eigenvalue weighted by molar-refractivity contribution is 7.89. The average molecular weight is 405 g/mol. The first-order chi connectivity index (χ1) is 13.3. The van der Waals surface area contributed by atoms with E-state index < -0.39 is 21.8 Å². The van der Waals surface area contributed by atoms with Crippen LogP contribution in [0.5, 0.6) is 0 Å². The highest BCUT2D eigenvalue weighted by Crippen LogP contribution is 2.25. The molecule has 1 atom stereocenters. The highest BCUT2D eigenvalue weighted by atomic mass is 32.2. The van der Waals surface area contributed by atoms with Gasteiger partial charge < -0.3 is 5.32 Å². The minimum atomic E-state index is -3.75. The van der Waals surface area contributed by atoms with Crippen LogP contribution in [0, 0.1) is 11.7 Å². The zero-order chi connectivity index (χ0) is 20.3. The predicted octanol–water partition coefficient (Wildman–Crippen LogP) is 3.99. The molecule has 2 aromatic carbocycles. The number of hydrogen-bond donors (Lipinski definition) is 1. The van der Waals surface area contributed by atoms with Crippen molar-refractivity contribution in [3.8, 4) is 0 Å². The Morgan fingerprint density at radius 1 is 1.11 bits per heavy atom. The van der Waals surface area contributed by atoms with Crippen LogP contribution in [0.15, 0.2) is 53.4 Å². The van der Waals surface area contributed by atoms with Gasteiger partial charge in [0.25, 0.3) is 0 Å². The molecule has 7 heteroatoms. The van der Waals surface area contributed by atoms with Crippen molar-refractivity contribution in [2.45, 2.75) is 37.5 Å². The summed E-state index contributed by atoms with van der Waals surface area (Å²) in [7, 11) is -3.75. The van der Waals surface area contributed by atoms with Gasteiger partial charge in [-0.15, -0.1) is 0 Å². The van der Waals surface area contributed by atoms with Gasteiger partial charge in [-0.2, -0.15) is 4.31 Å². The third-order valence-corrected chi connectivity index (χ3v) is 6.93. The number of piperidine rings is 1. The lowest BCUT2D eigenvalue weighted by Crippen LogP contribution is -2.43. The SMILES string of the molecule is CC(C)c1ccc(NC(=O)C2CCCN(S(=O)(=O)c3ccc(F)cc3)C2)cc1. The molecule has 5 nitrogen and oxygen atoms in total. The molecular weight excluding hydrogens is 379 g/mol. The third kappa shape index (κ3) is 4.59. The van der Waals surface area contributed by atoms with Crippen LogP contribution in [-0.4, -0.2) is 31.7 Å². The van der Waals surface area contributed by atoms with Gasteiger partial charge in [0.15, 0.2) is 0 Å². The summed E-state index contributed by atoms with van der Waals surface area (Å²) in [5.41, 5.74) is 1.89. The Morgan fingerprint density at radius 3 is 2.36 bits per heavy atom. The number of halogens is 1. The monoisotopic (exact) mass is 404 g/mol. The average Bonchev–Trinajstić information content (AvgIpc) is 2.69. The topological polar surface area (TPSA) is 66.5 Å². The Bertz CT molecular complexity index is 925. The first kappa shape index (κ1) is 20.5. The fourth-order valence-corrected chi connectivity index (χ4v) is 4.85. The predicted molar refractivity (Wildman–Crippen MR) is 107 cm³/mol. The summed E-state index contributed by atoms with van der Waals surface area (Å²) in [6.45, 7) is 4.68. The maximum absolute atomic E-state index is 13.1. The van der Waals surface area contributed by atoms with Crippen LogP contribution in [0.1, 0.15) is 38.2 Å². The Morgan fingerprint density at radius 2 is 1.75 bits per heavy atom. The number of nitrogens with one attached hydrogen (secondary N) is 1. The molecule has 1 heterocycles. The van der Waals surface area contributed by atoms with E-state index in [1.54, 1.807) is 0 Å². The van der Waals surface area contributed by atoms with E-state index in [1.165, 1.54) is 22.0 Å². The molecule has 150 valence electrons. The molecule has 2 aromatic rings. The van der Waals surface area contributed by atoms with Crippen molar-refractivity contribution in [2.75, 3.05) is 18.4 Å². The molecule has 1 aliphatic rings. The van der Waals surface area contributed by atoms with Crippen molar-refractivity contribution in [3.63, 3.8) is 0 Å². The second kappa shape index (κ2) is 8.41. The summed E-state index contributed by atoms with van der Waals surface area (Å²) >= 11 is 0. The van der Waals surface area contributed by atoms with Crippen LogP contribution in [0.2, 0.25) is 0 Å². The van der Waals surface area contributed by atoms with Gasteiger partial charge in [-0.05, 0) is 60.7 Å². The second-order valence-corrected chi connectivity index (χ2v) is 9.36. The maximum atomic E-state index is 13.1. The van der Waals surface area contributed by atoms with Gasteiger partial charge in [-0.25, -0.2) is 12.8 Å². The van der Waals surface area contributed by atoms with Gasteiger partial charge in [-0.1, -0.05) is 26.0 Å². The van der Waals surface area contributed by atoms with Crippen molar-refractivity contribution in [1.29, 1.82) is 0 Å². The summed E-state index contributed by atoms with van der Waals surface area (Å²) in [5.74, 6) is -0.684. The van der Waals surface area contributed by atoms with Crippen LogP contribution in [0.3, 0.4) is 0 Å². The molecule has 0 bridgehead atoms. The smallest absolute Gasteiger partial charge is 0.243 e. The minimum absolute atomic E-state index is 0.0410. The Labute approximate surface area is 165 Å². The highest BCUT2D eigenvalue weighted by Gasteiger charge is 2.33. The molecule has 1 fully saturated rings. The lowest BCUT2D eigenvalue weighted by molar-refractivity contribution is -0.120. The number of nitrogens with zero attached hydrogens (tertiary/aromatic N) is 1. The van der Waals surface area contributed by atoms with E-state index >= 15 is 0 Å². The number of anilines is 1. The summed E-state index contributed by atoms with van der Waals surface area (Å²) in [4.78, 5) is 12.7. The van der Waals surface area contributed by atoms with Crippen molar-refractivity contribution < 1.29 is 17.6 Å². The van der Waals surface area contributed by atoms with E-state index in [4.69, 9.17) is 0 Å². The molecule has 1 N–H and O–H groups in total. The number of carbonyl (C=O) groups excluding carboxylic acids is 1. The molecule has 1 aliphatic heterocycles. The number of hydrogen-bond acceptors (Lipinski definition) is 3. The molecule has 28 heavy (non-hydrogen) atoms. The van der Waals surface area contributed by atoms with Crippen molar-refractivity contribution in [3.05, 3.63) is 59.9 Å². The minimum Gasteiger partial charge on any atom is -0.326 e. The van der Waals surface area contributed by atoms with E-state index in [-0.39, 0.29) is 17.3 Å². The quantitative estimate of drug-likeness (QED) is 0.819. The van der Waals surface area contributed by atoms with Crippen molar-refractivity contribution >= 4 is 21.6 Å². The molecular formula is C21H25FN2O3S. The van der Waals surface area contributed by atoms with E-state index in [1.807, 2.05) is 24.3 Å². The number of benzene rings is 2. The zero-order valence-electron chi connectivity index (χ0n) is 16.1. The van der Waals surface area contributed by atoms with Crippen LogP contribution < -0.4 is 5.32 Å². The summed E-state index contributed by atoms with van der Waals surface area (Å²) in [6.07, 6.45) is 1.23. The molecule has 0 aromatic heterocycles.